The minimum Gasteiger partial charge on any atom is -0.487 e. The summed E-state index contributed by atoms with van der Waals surface area (Å²) < 4.78 is 17.6. The monoisotopic (exact) mass is 343 g/mol. The van der Waals surface area contributed by atoms with Crippen LogP contribution in [0.4, 0.5) is 0 Å². The number of halogens is 1. The van der Waals surface area contributed by atoms with Crippen molar-refractivity contribution in [2.45, 2.75) is 26.0 Å². The minimum absolute atomic E-state index is 0.174. The van der Waals surface area contributed by atoms with Gasteiger partial charge in [0.15, 0.2) is 0 Å². The zero-order chi connectivity index (χ0) is 14.4. The Morgan fingerprint density at radius 2 is 2.30 bits per heavy atom. The highest BCUT2D eigenvalue weighted by molar-refractivity contribution is 9.10. The second-order valence-electron chi connectivity index (χ2n) is 4.98. The molecule has 20 heavy (non-hydrogen) atoms. The van der Waals surface area contributed by atoms with Crippen LogP contribution in [0.5, 0.6) is 5.75 Å². The molecule has 1 saturated heterocycles. The van der Waals surface area contributed by atoms with Crippen LogP contribution >= 0.6 is 15.9 Å². The first-order valence-electron chi connectivity index (χ1n) is 6.93. The van der Waals surface area contributed by atoms with E-state index in [0.717, 1.165) is 41.9 Å². The molecule has 0 aliphatic carbocycles. The van der Waals surface area contributed by atoms with Gasteiger partial charge in [-0.15, -0.1) is 0 Å². The Morgan fingerprint density at radius 3 is 3.00 bits per heavy atom. The molecule has 1 aromatic carbocycles. The summed E-state index contributed by atoms with van der Waals surface area (Å²) in [7, 11) is 1.71. The van der Waals surface area contributed by atoms with Crippen LogP contribution in [-0.2, 0) is 16.0 Å². The van der Waals surface area contributed by atoms with Crippen molar-refractivity contribution in [1.82, 2.24) is 5.32 Å². The summed E-state index contributed by atoms with van der Waals surface area (Å²) in [4.78, 5) is 0. The SMILES string of the molecule is COCCNCc1cc(Br)cc(C)c1OC1CCOC1. The van der Waals surface area contributed by atoms with Crippen LogP contribution in [0.25, 0.3) is 0 Å². The van der Waals surface area contributed by atoms with Crippen LogP contribution in [0.15, 0.2) is 16.6 Å². The van der Waals surface area contributed by atoms with Crippen LogP contribution in [0.3, 0.4) is 0 Å². The normalized spacial score (nSPS) is 18.4. The van der Waals surface area contributed by atoms with Crippen molar-refractivity contribution >= 4 is 15.9 Å². The lowest BCUT2D eigenvalue weighted by Gasteiger charge is -2.19. The first-order chi connectivity index (χ1) is 9.70. The van der Waals surface area contributed by atoms with Gasteiger partial charge in [-0.05, 0) is 24.6 Å². The zero-order valence-electron chi connectivity index (χ0n) is 12.1. The summed E-state index contributed by atoms with van der Waals surface area (Å²) >= 11 is 3.55. The van der Waals surface area contributed by atoms with E-state index in [0.29, 0.717) is 13.2 Å². The van der Waals surface area contributed by atoms with Gasteiger partial charge in [-0.3, -0.25) is 0 Å². The first-order valence-corrected chi connectivity index (χ1v) is 7.73. The van der Waals surface area contributed by atoms with E-state index in [1.165, 1.54) is 5.56 Å². The lowest BCUT2D eigenvalue weighted by Crippen LogP contribution is -2.21. The van der Waals surface area contributed by atoms with Crippen molar-refractivity contribution in [3.63, 3.8) is 0 Å². The Morgan fingerprint density at radius 1 is 1.45 bits per heavy atom. The van der Waals surface area contributed by atoms with Gasteiger partial charge >= 0.3 is 0 Å². The average molecular weight is 344 g/mol. The molecule has 0 radical (unpaired) electrons. The second-order valence-corrected chi connectivity index (χ2v) is 5.90. The first kappa shape index (κ1) is 15.8. The summed E-state index contributed by atoms with van der Waals surface area (Å²) in [6.07, 6.45) is 1.14. The van der Waals surface area contributed by atoms with Gasteiger partial charge in [0.05, 0.1) is 19.8 Å². The van der Waals surface area contributed by atoms with Crippen LogP contribution in [0.1, 0.15) is 17.5 Å². The van der Waals surface area contributed by atoms with Crippen LogP contribution in [-0.4, -0.2) is 39.6 Å². The Kier molecular flexibility index (Phi) is 6.29. The van der Waals surface area contributed by atoms with E-state index in [2.05, 4.69) is 40.3 Å². The van der Waals surface area contributed by atoms with E-state index >= 15 is 0 Å². The number of benzene rings is 1. The highest BCUT2D eigenvalue weighted by Gasteiger charge is 2.20. The molecule has 0 spiro atoms. The largest absolute Gasteiger partial charge is 0.487 e. The van der Waals surface area contributed by atoms with Crippen LogP contribution < -0.4 is 10.1 Å². The molecule has 5 heteroatoms. The van der Waals surface area contributed by atoms with E-state index in [9.17, 15) is 0 Å². The molecule has 1 fully saturated rings. The third-order valence-electron chi connectivity index (χ3n) is 3.29. The fourth-order valence-corrected chi connectivity index (χ4v) is 2.89. The summed E-state index contributed by atoms with van der Waals surface area (Å²) in [6.45, 7) is 5.86. The Balaban J connectivity index is 2.06. The van der Waals surface area contributed by atoms with Crippen LogP contribution in [0.2, 0.25) is 0 Å². The quantitative estimate of drug-likeness (QED) is 0.772. The number of rotatable bonds is 7. The highest BCUT2D eigenvalue weighted by atomic mass is 79.9. The molecule has 112 valence electrons. The molecule has 1 aromatic rings. The number of hydrogen-bond donors (Lipinski definition) is 1. The van der Waals surface area contributed by atoms with E-state index in [1.54, 1.807) is 7.11 Å². The van der Waals surface area contributed by atoms with Crippen molar-refractivity contribution in [2.75, 3.05) is 33.5 Å². The molecule has 0 amide bonds. The zero-order valence-corrected chi connectivity index (χ0v) is 13.7. The maximum Gasteiger partial charge on any atom is 0.127 e. The maximum atomic E-state index is 6.13. The molecule has 0 aromatic heterocycles. The van der Waals surface area contributed by atoms with Gasteiger partial charge < -0.3 is 19.5 Å². The number of hydrogen-bond acceptors (Lipinski definition) is 4. The van der Waals surface area contributed by atoms with E-state index in [-0.39, 0.29) is 6.10 Å². The fraction of sp³-hybridized carbons (Fsp3) is 0.600. The van der Waals surface area contributed by atoms with Crippen molar-refractivity contribution in [3.8, 4) is 5.75 Å². The molecule has 1 N–H and O–H groups in total. The molecule has 1 aliphatic rings. The van der Waals surface area contributed by atoms with Gasteiger partial charge in [0.25, 0.3) is 0 Å². The molecule has 0 bridgehead atoms. The molecular weight excluding hydrogens is 322 g/mol. The number of ether oxygens (including phenoxy) is 3. The van der Waals surface area contributed by atoms with Crippen molar-refractivity contribution in [1.29, 1.82) is 0 Å². The molecule has 2 rings (SSSR count). The van der Waals surface area contributed by atoms with Gasteiger partial charge in [0.2, 0.25) is 0 Å². The van der Waals surface area contributed by atoms with E-state index < -0.39 is 0 Å². The molecule has 0 saturated carbocycles. The van der Waals surface area contributed by atoms with Gasteiger partial charge in [-0.1, -0.05) is 15.9 Å². The minimum atomic E-state index is 0.174. The van der Waals surface area contributed by atoms with Crippen molar-refractivity contribution in [2.24, 2.45) is 0 Å². The Bertz CT molecular complexity index is 433. The van der Waals surface area contributed by atoms with Gasteiger partial charge in [-0.25, -0.2) is 0 Å². The predicted molar refractivity (Wildman–Crippen MR) is 82.3 cm³/mol. The summed E-state index contributed by atoms with van der Waals surface area (Å²) in [6, 6.07) is 4.20. The number of nitrogens with one attached hydrogen (secondary N) is 1. The van der Waals surface area contributed by atoms with Crippen LogP contribution in [0, 0.1) is 6.92 Å². The lowest BCUT2D eigenvalue weighted by molar-refractivity contribution is 0.140. The Labute approximate surface area is 128 Å². The van der Waals surface area contributed by atoms with E-state index in [4.69, 9.17) is 14.2 Å². The average Bonchev–Trinajstić information content (AvgIpc) is 2.91. The maximum absolute atomic E-state index is 6.13. The topological polar surface area (TPSA) is 39.7 Å². The Hall–Kier alpha value is -0.620. The molecule has 1 atom stereocenters. The second kappa shape index (κ2) is 7.98. The lowest BCUT2D eigenvalue weighted by atomic mass is 10.1. The van der Waals surface area contributed by atoms with Gasteiger partial charge in [0, 0.05) is 36.7 Å². The van der Waals surface area contributed by atoms with Gasteiger partial charge in [-0.2, -0.15) is 0 Å². The smallest absolute Gasteiger partial charge is 0.127 e. The van der Waals surface area contributed by atoms with Gasteiger partial charge in [0.1, 0.15) is 11.9 Å². The number of aryl methyl sites for hydroxylation is 1. The van der Waals surface area contributed by atoms with E-state index in [1.807, 2.05) is 0 Å². The highest BCUT2D eigenvalue weighted by Crippen LogP contribution is 2.30. The predicted octanol–water partition coefficient (Wildman–Crippen LogP) is 2.66. The molecule has 1 heterocycles. The molecule has 1 unspecified atom stereocenters. The summed E-state index contributed by atoms with van der Waals surface area (Å²) in [5.41, 5.74) is 2.31. The summed E-state index contributed by atoms with van der Waals surface area (Å²) in [5.74, 6) is 0.980. The molecular formula is C15H22BrNO3. The molecule has 1 aliphatic heterocycles. The number of methoxy groups -OCH3 is 1. The van der Waals surface area contributed by atoms with Crippen molar-refractivity contribution in [3.05, 3.63) is 27.7 Å². The third kappa shape index (κ3) is 4.45. The standard InChI is InChI=1S/C15H22BrNO3/c1-11-7-13(16)8-12(9-17-4-6-18-2)15(11)20-14-3-5-19-10-14/h7-8,14,17H,3-6,9-10H2,1-2H3. The third-order valence-corrected chi connectivity index (χ3v) is 3.74. The fourth-order valence-electron chi connectivity index (χ4n) is 2.27. The van der Waals surface area contributed by atoms with Crippen molar-refractivity contribution < 1.29 is 14.2 Å². The summed E-state index contributed by atoms with van der Waals surface area (Å²) in [5, 5.41) is 3.37. The molecule has 4 nitrogen and oxygen atoms in total.